The maximum atomic E-state index is 10.8. The molecule has 0 saturated carbocycles. The van der Waals surface area contributed by atoms with Gasteiger partial charge < -0.3 is 10.4 Å². The van der Waals surface area contributed by atoms with Crippen LogP contribution in [0.4, 0.5) is 0 Å². The molecule has 80 valence electrons. The first-order chi connectivity index (χ1) is 7.00. The molecule has 0 aliphatic carbocycles. The zero-order valence-electron chi connectivity index (χ0n) is 8.70. The number of carboxylic acids is 1. The first-order valence-electron chi connectivity index (χ1n) is 4.58. The molecule has 0 bridgehead atoms. The summed E-state index contributed by atoms with van der Waals surface area (Å²) in [5.41, 5.74) is 3.11. The molecular formula is C11H13NO3. The van der Waals surface area contributed by atoms with Gasteiger partial charge in [0.15, 0.2) is 0 Å². The third-order valence-electron chi connectivity index (χ3n) is 2.13. The maximum Gasteiger partial charge on any atom is 0.394 e. The molecule has 4 nitrogen and oxygen atoms in total. The van der Waals surface area contributed by atoms with Gasteiger partial charge in [0.05, 0.1) is 0 Å². The van der Waals surface area contributed by atoms with Gasteiger partial charge in [0, 0.05) is 6.54 Å². The number of aliphatic carboxylic acids is 1. The van der Waals surface area contributed by atoms with Crippen molar-refractivity contribution in [1.82, 2.24) is 5.32 Å². The predicted molar refractivity (Wildman–Crippen MR) is 55.4 cm³/mol. The number of aryl methyl sites for hydroxylation is 2. The molecule has 1 rings (SSSR count). The Labute approximate surface area is 87.9 Å². The third-order valence-corrected chi connectivity index (χ3v) is 2.13. The second-order valence-corrected chi connectivity index (χ2v) is 3.42. The monoisotopic (exact) mass is 207 g/mol. The van der Waals surface area contributed by atoms with E-state index in [1.165, 1.54) is 0 Å². The fraction of sp³-hybridized carbons (Fsp3) is 0.273. The smallest absolute Gasteiger partial charge is 0.394 e. The third kappa shape index (κ3) is 3.09. The molecular weight excluding hydrogens is 194 g/mol. The molecule has 0 fully saturated rings. The molecule has 0 aliphatic rings. The number of amides is 1. The molecule has 0 atom stereocenters. The van der Waals surface area contributed by atoms with Crippen LogP contribution in [0.3, 0.4) is 0 Å². The van der Waals surface area contributed by atoms with Crippen LogP contribution >= 0.6 is 0 Å². The summed E-state index contributed by atoms with van der Waals surface area (Å²) < 4.78 is 0. The van der Waals surface area contributed by atoms with Gasteiger partial charge in [-0.2, -0.15) is 0 Å². The Balaban J connectivity index is 2.66. The van der Waals surface area contributed by atoms with Crippen molar-refractivity contribution < 1.29 is 14.7 Å². The number of carbonyl (C=O) groups excluding carboxylic acids is 1. The molecule has 4 heteroatoms. The molecule has 1 aromatic carbocycles. The van der Waals surface area contributed by atoms with Crippen molar-refractivity contribution in [3.63, 3.8) is 0 Å². The van der Waals surface area contributed by atoms with Gasteiger partial charge in [0.25, 0.3) is 0 Å². The van der Waals surface area contributed by atoms with E-state index in [1.807, 2.05) is 32.0 Å². The highest BCUT2D eigenvalue weighted by Crippen LogP contribution is 2.09. The quantitative estimate of drug-likeness (QED) is 0.711. The van der Waals surface area contributed by atoms with Gasteiger partial charge in [-0.05, 0) is 25.0 Å². The zero-order chi connectivity index (χ0) is 11.4. The number of carbonyl (C=O) groups is 2. The van der Waals surface area contributed by atoms with E-state index in [0.717, 1.165) is 16.7 Å². The molecule has 0 aliphatic heterocycles. The van der Waals surface area contributed by atoms with E-state index in [0.29, 0.717) is 0 Å². The normalized spacial score (nSPS) is 9.73. The topological polar surface area (TPSA) is 66.4 Å². The van der Waals surface area contributed by atoms with Gasteiger partial charge in [-0.3, -0.25) is 4.79 Å². The Morgan fingerprint density at radius 3 is 2.53 bits per heavy atom. The summed E-state index contributed by atoms with van der Waals surface area (Å²) in [4.78, 5) is 21.0. The van der Waals surface area contributed by atoms with E-state index in [4.69, 9.17) is 5.11 Å². The van der Waals surface area contributed by atoms with Crippen LogP contribution in [-0.2, 0) is 16.1 Å². The highest BCUT2D eigenvalue weighted by Gasteiger charge is 2.10. The van der Waals surface area contributed by atoms with Crippen molar-refractivity contribution in [2.45, 2.75) is 20.4 Å². The van der Waals surface area contributed by atoms with Gasteiger partial charge in [0.2, 0.25) is 0 Å². The van der Waals surface area contributed by atoms with Crippen LogP contribution in [0.25, 0.3) is 0 Å². The van der Waals surface area contributed by atoms with Crippen LogP contribution in [0.5, 0.6) is 0 Å². The maximum absolute atomic E-state index is 10.8. The van der Waals surface area contributed by atoms with Crippen LogP contribution < -0.4 is 5.32 Å². The minimum atomic E-state index is -1.46. The standard InChI is InChI=1S/C11H13NO3/c1-7-3-4-9(8(2)5-7)6-12-10(13)11(14)15/h3-5H,6H2,1-2H3,(H,12,13)(H,14,15). The minimum Gasteiger partial charge on any atom is -0.474 e. The Kier molecular flexibility index (Phi) is 3.44. The second-order valence-electron chi connectivity index (χ2n) is 3.42. The Hall–Kier alpha value is -1.84. The predicted octanol–water partition coefficient (Wildman–Crippen LogP) is 1.00. The molecule has 1 aromatic rings. The SMILES string of the molecule is Cc1ccc(CNC(=O)C(=O)O)c(C)c1. The highest BCUT2D eigenvalue weighted by molar-refractivity contribution is 6.31. The Morgan fingerprint density at radius 2 is 2.00 bits per heavy atom. The van der Waals surface area contributed by atoms with Crippen molar-refractivity contribution in [3.05, 3.63) is 34.9 Å². The van der Waals surface area contributed by atoms with E-state index in [1.54, 1.807) is 0 Å². The summed E-state index contributed by atoms with van der Waals surface area (Å²) in [6, 6.07) is 5.80. The average molecular weight is 207 g/mol. The number of benzene rings is 1. The van der Waals surface area contributed by atoms with Gasteiger partial charge in [-0.15, -0.1) is 0 Å². The van der Waals surface area contributed by atoms with Gasteiger partial charge in [0.1, 0.15) is 0 Å². The molecule has 15 heavy (non-hydrogen) atoms. The minimum absolute atomic E-state index is 0.247. The average Bonchev–Trinajstić information content (AvgIpc) is 2.15. The van der Waals surface area contributed by atoms with E-state index < -0.39 is 11.9 Å². The van der Waals surface area contributed by atoms with Crippen LogP contribution in [0.2, 0.25) is 0 Å². The lowest BCUT2D eigenvalue weighted by molar-refractivity contribution is -0.150. The number of carboxylic acid groups (broad SMARTS) is 1. The van der Waals surface area contributed by atoms with Gasteiger partial charge in [-0.25, -0.2) is 4.79 Å². The Bertz CT molecular complexity index is 399. The van der Waals surface area contributed by atoms with Gasteiger partial charge in [-0.1, -0.05) is 23.8 Å². The fourth-order valence-electron chi connectivity index (χ4n) is 1.30. The first kappa shape index (κ1) is 11.2. The highest BCUT2D eigenvalue weighted by atomic mass is 16.4. The Morgan fingerprint density at radius 1 is 1.33 bits per heavy atom. The first-order valence-corrected chi connectivity index (χ1v) is 4.58. The summed E-state index contributed by atoms with van der Waals surface area (Å²) in [7, 11) is 0. The molecule has 2 N–H and O–H groups in total. The van der Waals surface area contributed by atoms with Gasteiger partial charge >= 0.3 is 11.9 Å². The second kappa shape index (κ2) is 4.59. The van der Waals surface area contributed by atoms with E-state index in [9.17, 15) is 9.59 Å². The molecule has 0 spiro atoms. The van der Waals surface area contributed by atoms with Crippen LogP contribution in [-0.4, -0.2) is 17.0 Å². The fourth-order valence-corrected chi connectivity index (χ4v) is 1.30. The summed E-state index contributed by atoms with van der Waals surface area (Å²) in [5.74, 6) is -2.44. The van der Waals surface area contributed by atoms with Crippen molar-refractivity contribution >= 4 is 11.9 Å². The molecule has 0 unspecified atom stereocenters. The van der Waals surface area contributed by atoms with Crippen molar-refractivity contribution in [3.8, 4) is 0 Å². The lowest BCUT2D eigenvalue weighted by atomic mass is 10.1. The van der Waals surface area contributed by atoms with Crippen molar-refractivity contribution in [1.29, 1.82) is 0 Å². The lowest BCUT2D eigenvalue weighted by Gasteiger charge is -2.06. The molecule has 1 amide bonds. The van der Waals surface area contributed by atoms with Crippen molar-refractivity contribution in [2.75, 3.05) is 0 Å². The molecule has 0 heterocycles. The van der Waals surface area contributed by atoms with E-state index in [2.05, 4.69) is 5.32 Å². The van der Waals surface area contributed by atoms with Crippen LogP contribution in [0, 0.1) is 13.8 Å². The van der Waals surface area contributed by atoms with Crippen molar-refractivity contribution in [2.24, 2.45) is 0 Å². The summed E-state index contributed by atoms with van der Waals surface area (Å²) in [6.45, 7) is 4.15. The molecule has 0 radical (unpaired) electrons. The summed E-state index contributed by atoms with van der Waals surface area (Å²) >= 11 is 0. The number of hydrogen-bond acceptors (Lipinski definition) is 2. The largest absolute Gasteiger partial charge is 0.474 e. The molecule has 0 saturated heterocycles. The van der Waals surface area contributed by atoms with Crippen LogP contribution in [0.1, 0.15) is 16.7 Å². The van der Waals surface area contributed by atoms with E-state index >= 15 is 0 Å². The number of nitrogens with one attached hydrogen (secondary N) is 1. The zero-order valence-corrected chi connectivity index (χ0v) is 8.70. The number of rotatable bonds is 2. The number of hydrogen-bond donors (Lipinski definition) is 2. The lowest BCUT2D eigenvalue weighted by Crippen LogP contribution is -2.30. The van der Waals surface area contributed by atoms with Crippen LogP contribution in [0.15, 0.2) is 18.2 Å². The van der Waals surface area contributed by atoms with E-state index in [-0.39, 0.29) is 6.54 Å². The molecule has 0 aromatic heterocycles. The summed E-state index contributed by atoms with van der Waals surface area (Å²) in [6.07, 6.45) is 0. The summed E-state index contributed by atoms with van der Waals surface area (Å²) in [5, 5.41) is 10.7.